The van der Waals surface area contributed by atoms with E-state index in [0.29, 0.717) is 23.5 Å². The maximum absolute atomic E-state index is 3.56. The molecule has 1 saturated carbocycles. The number of nitrogens with one attached hydrogen (secondary N) is 1. The molecule has 0 aromatic carbocycles. The first-order valence-electron chi connectivity index (χ1n) is 8.07. The predicted molar refractivity (Wildman–Crippen MR) is 85.5 cm³/mol. The van der Waals surface area contributed by atoms with Gasteiger partial charge in [-0.3, -0.25) is 4.90 Å². The predicted octanol–water partition coefficient (Wildman–Crippen LogP) is 3.77. The molecule has 0 aromatic heterocycles. The van der Waals surface area contributed by atoms with Gasteiger partial charge in [0.2, 0.25) is 0 Å². The van der Waals surface area contributed by atoms with Crippen molar-refractivity contribution in [3.8, 4) is 0 Å². The van der Waals surface area contributed by atoms with E-state index < -0.39 is 0 Å². The molecular weight excluding hydrogens is 232 g/mol. The second-order valence-electron chi connectivity index (χ2n) is 7.99. The first kappa shape index (κ1) is 17.0. The van der Waals surface area contributed by atoms with Gasteiger partial charge in [-0.1, -0.05) is 34.6 Å². The lowest BCUT2D eigenvalue weighted by Gasteiger charge is -2.47. The zero-order valence-electron chi connectivity index (χ0n) is 14.5. The first-order valence-corrected chi connectivity index (χ1v) is 8.07. The molecule has 0 radical (unpaired) electrons. The van der Waals surface area contributed by atoms with Crippen molar-refractivity contribution in [3.05, 3.63) is 0 Å². The summed E-state index contributed by atoms with van der Waals surface area (Å²) in [6.07, 6.45) is 4.02. The Hall–Kier alpha value is -0.0800. The molecule has 1 aliphatic carbocycles. The highest BCUT2D eigenvalue weighted by Crippen LogP contribution is 2.39. The molecular formula is C17H36N2. The summed E-state index contributed by atoms with van der Waals surface area (Å²) in [7, 11) is 4.45. The number of hydrogen-bond acceptors (Lipinski definition) is 2. The summed E-state index contributed by atoms with van der Waals surface area (Å²) in [6, 6.07) is 1.99. The maximum atomic E-state index is 3.56. The molecule has 0 aromatic rings. The van der Waals surface area contributed by atoms with Crippen molar-refractivity contribution in [2.75, 3.05) is 14.1 Å². The molecule has 1 fully saturated rings. The molecule has 0 heterocycles. The second kappa shape index (κ2) is 6.58. The minimum Gasteiger partial charge on any atom is -0.315 e. The standard InChI is InChI=1S/C17H36N2/c1-12(2)13(3)19(8)16-11-14(17(4,5)6)9-10-15(16)18-7/h12-16,18H,9-11H2,1-8H3. The average Bonchev–Trinajstić information content (AvgIpc) is 2.34. The minimum absolute atomic E-state index is 0.443. The maximum Gasteiger partial charge on any atom is 0.0251 e. The number of likely N-dealkylation sites (N-methyl/N-ethyl adjacent to an activating group) is 2. The Morgan fingerprint density at radius 1 is 1.11 bits per heavy atom. The van der Waals surface area contributed by atoms with E-state index in [-0.39, 0.29) is 0 Å². The third-order valence-electron chi connectivity index (χ3n) is 5.54. The van der Waals surface area contributed by atoms with E-state index in [1.54, 1.807) is 0 Å². The Bertz CT molecular complexity index is 267. The summed E-state index contributed by atoms with van der Waals surface area (Å²) in [5.41, 5.74) is 0.443. The summed E-state index contributed by atoms with van der Waals surface area (Å²) >= 11 is 0. The van der Waals surface area contributed by atoms with E-state index >= 15 is 0 Å². The van der Waals surface area contributed by atoms with Gasteiger partial charge in [-0.05, 0) is 57.5 Å². The van der Waals surface area contributed by atoms with Crippen LogP contribution in [0.25, 0.3) is 0 Å². The number of nitrogens with zero attached hydrogens (tertiary/aromatic N) is 1. The van der Waals surface area contributed by atoms with E-state index in [1.807, 2.05) is 0 Å². The SMILES string of the molecule is CNC1CCC(C(C)(C)C)CC1N(C)C(C)C(C)C. The zero-order valence-corrected chi connectivity index (χ0v) is 14.5. The average molecular weight is 268 g/mol. The van der Waals surface area contributed by atoms with Gasteiger partial charge in [0, 0.05) is 18.1 Å². The molecule has 2 nitrogen and oxygen atoms in total. The van der Waals surface area contributed by atoms with Crippen molar-refractivity contribution < 1.29 is 0 Å². The zero-order chi connectivity index (χ0) is 14.8. The van der Waals surface area contributed by atoms with E-state index in [4.69, 9.17) is 0 Å². The van der Waals surface area contributed by atoms with Crippen LogP contribution in [-0.2, 0) is 0 Å². The van der Waals surface area contributed by atoms with Crippen LogP contribution in [0.2, 0.25) is 0 Å². The lowest BCUT2D eigenvalue weighted by molar-refractivity contribution is 0.0443. The van der Waals surface area contributed by atoms with Gasteiger partial charge in [-0.2, -0.15) is 0 Å². The van der Waals surface area contributed by atoms with Gasteiger partial charge in [0.1, 0.15) is 0 Å². The van der Waals surface area contributed by atoms with E-state index in [1.165, 1.54) is 19.3 Å². The highest BCUT2D eigenvalue weighted by molar-refractivity contribution is 4.94. The van der Waals surface area contributed by atoms with Gasteiger partial charge in [0.15, 0.2) is 0 Å². The van der Waals surface area contributed by atoms with Crippen molar-refractivity contribution in [1.82, 2.24) is 10.2 Å². The first-order chi connectivity index (χ1) is 8.68. The molecule has 4 atom stereocenters. The molecule has 1 aliphatic rings. The van der Waals surface area contributed by atoms with Crippen molar-refractivity contribution in [2.24, 2.45) is 17.3 Å². The lowest BCUT2D eigenvalue weighted by Crippen LogP contribution is -2.55. The molecule has 114 valence electrons. The monoisotopic (exact) mass is 268 g/mol. The van der Waals surface area contributed by atoms with E-state index in [0.717, 1.165) is 11.8 Å². The molecule has 2 heteroatoms. The third-order valence-corrected chi connectivity index (χ3v) is 5.54. The molecule has 0 amide bonds. The molecule has 0 aliphatic heterocycles. The van der Waals surface area contributed by atoms with Crippen LogP contribution < -0.4 is 5.32 Å². The minimum atomic E-state index is 0.443. The van der Waals surface area contributed by atoms with Gasteiger partial charge < -0.3 is 5.32 Å². The van der Waals surface area contributed by atoms with Gasteiger partial charge in [0.05, 0.1) is 0 Å². The fourth-order valence-electron chi connectivity index (χ4n) is 3.49. The summed E-state index contributed by atoms with van der Waals surface area (Å²) in [4.78, 5) is 2.63. The Morgan fingerprint density at radius 3 is 2.11 bits per heavy atom. The quantitative estimate of drug-likeness (QED) is 0.835. The van der Waals surface area contributed by atoms with Crippen molar-refractivity contribution >= 4 is 0 Å². The normalized spacial score (nSPS) is 30.9. The van der Waals surface area contributed by atoms with Crippen LogP contribution in [0.5, 0.6) is 0 Å². The van der Waals surface area contributed by atoms with Crippen LogP contribution >= 0.6 is 0 Å². The lowest BCUT2D eigenvalue weighted by atomic mass is 9.69. The van der Waals surface area contributed by atoms with Gasteiger partial charge in [-0.25, -0.2) is 0 Å². The second-order valence-corrected chi connectivity index (χ2v) is 7.99. The van der Waals surface area contributed by atoms with Crippen LogP contribution in [0.3, 0.4) is 0 Å². The highest BCUT2D eigenvalue weighted by Gasteiger charge is 2.38. The number of rotatable bonds is 4. The van der Waals surface area contributed by atoms with Crippen LogP contribution in [-0.4, -0.2) is 37.1 Å². The summed E-state index contributed by atoms with van der Waals surface area (Å²) in [5, 5.41) is 3.56. The topological polar surface area (TPSA) is 15.3 Å². The van der Waals surface area contributed by atoms with Crippen LogP contribution in [0.1, 0.15) is 60.8 Å². The Kier molecular flexibility index (Phi) is 5.88. The molecule has 0 bridgehead atoms. The molecule has 1 N–H and O–H groups in total. The fourth-order valence-corrected chi connectivity index (χ4v) is 3.49. The summed E-state index contributed by atoms with van der Waals surface area (Å²) in [5.74, 6) is 1.57. The summed E-state index contributed by atoms with van der Waals surface area (Å²) < 4.78 is 0. The van der Waals surface area contributed by atoms with Crippen molar-refractivity contribution in [3.63, 3.8) is 0 Å². The Morgan fingerprint density at radius 2 is 1.68 bits per heavy atom. The number of hydrogen-bond donors (Lipinski definition) is 1. The highest BCUT2D eigenvalue weighted by atomic mass is 15.2. The van der Waals surface area contributed by atoms with Gasteiger partial charge >= 0.3 is 0 Å². The van der Waals surface area contributed by atoms with Crippen LogP contribution in [0.4, 0.5) is 0 Å². The van der Waals surface area contributed by atoms with Crippen molar-refractivity contribution in [2.45, 2.75) is 78.9 Å². The van der Waals surface area contributed by atoms with Gasteiger partial charge in [0.25, 0.3) is 0 Å². The molecule has 19 heavy (non-hydrogen) atoms. The molecule has 1 rings (SSSR count). The third kappa shape index (κ3) is 4.19. The Balaban J connectivity index is 2.80. The molecule has 0 spiro atoms. The van der Waals surface area contributed by atoms with Crippen molar-refractivity contribution in [1.29, 1.82) is 0 Å². The molecule has 4 unspecified atom stereocenters. The van der Waals surface area contributed by atoms with Crippen LogP contribution in [0.15, 0.2) is 0 Å². The van der Waals surface area contributed by atoms with Gasteiger partial charge in [-0.15, -0.1) is 0 Å². The smallest absolute Gasteiger partial charge is 0.0251 e. The molecule has 0 saturated heterocycles. The van der Waals surface area contributed by atoms with Crippen LogP contribution in [0, 0.1) is 17.3 Å². The van der Waals surface area contributed by atoms with E-state index in [9.17, 15) is 0 Å². The van der Waals surface area contributed by atoms with E-state index in [2.05, 4.69) is 65.9 Å². The Labute approximate surface area is 121 Å². The largest absolute Gasteiger partial charge is 0.315 e. The summed E-state index contributed by atoms with van der Waals surface area (Å²) in [6.45, 7) is 14.2. The fraction of sp³-hybridized carbons (Fsp3) is 1.00.